The maximum Gasteiger partial charge on any atom is 0.254 e. The first-order valence-electron chi connectivity index (χ1n) is 10.3. The Balaban J connectivity index is 1.51. The van der Waals surface area contributed by atoms with Crippen LogP contribution in [0.4, 0.5) is 16.0 Å². The highest BCUT2D eigenvalue weighted by Crippen LogP contribution is 2.29. The lowest BCUT2D eigenvalue weighted by Crippen LogP contribution is -2.19. The summed E-state index contributed by atoms with van der Waals surface area (Å²) in [6.45, 7) is 1.84. The summed E-state index contributed by atoms with van der Waals surface area (Å²) < 4.78 is 16.2. The Morgan fingerprint density at radius 3 is 2.88 bits per heavy atom. The van der Waals surface area contributed by atoms with Crippen LogP contribution in [0.1, 0.15) is 36.0 Å². The number of nitrogens with zero attached hydrogens (tertiary/aromatic N) is 3. The van der Waals surface area contributed by atoms with E-state index in [1.54, 1.807) is 35.8 Å². The number of hydrogen-bond donors (Lipinski definition) is 3. The fraction of sp³-hybridized carbons (Fsp3) is 0.273. The Labute approximate surface area is 187 Å². The predicted molar refractivity (Wildman–Crippen MR) is 119 cm³/mol. The van der Waals surface area contributed by atoms with Crippen LogP contribution in [0, 0.1) is 12.7 Å². The van der Waals surface area contributed by atoms with Crippen LogP contribution in [0.15, 0.2) is 30.0 Å². The van der Waals surface area contributed by atoms with Gasteiger partial charge in [-0.3, -0.25) is 14.9 Å². The van der Waals surface area contributed by atoms with E-state index in [0.717, 1.165) is 18.7 Å². The third-order valence-electron chi connectivity index (χ3n) is 5.48. The van der Waals surface area contributed by atoms with E-state index in [4.69, 9.17) is 11.6 Å². The molecule has 8 nitrogen and oxygen atoms in total. The second kappa shape index (κ2) is 7.90. The topological polar surface area (TPSA) is 100 Å². The SMILES string of the molecule is Cc1ccc(Cl)c(CNc2cc(NC3CC3)n3ncc(/C=C4\CC(=O)NC4=O)c3n2)c1F. The summed E-state index contributed by atoms with van der Waals surface area (Å²) in [7, 11) is 0. The molecule has 2 aliphatic rings. The number of rotatable bonds is 6. The molecule has 5 rings (SSSR count). The molecule has 32 heavy (non-hydrogen) atoms. The third-order valence-corrected chi connectivity index (χ3v) is 5.83. The molecule has 10 heteroatoms. The van der Waals surface area contributed by atoms with Crippen molar-refractivity contribution in [1.29, 1.82) is 0 Å². The molecule has 164 valence electrons. The minimum atomic E-state index is -0.412. The van der Waals surface area contributed by atoms with Crippen LogP contribution < -0.4 is 16.0 Å². The van der Waals surface area contributed by atoms with E-state index in [1.807, 2.05) is 6.07 Å². The van der Waals surface area contributed by atoms with E-state index in [2.05, 4.69) is 26.0 Å². The minimum Gasteiger partial charge on any atom is -0.367 e. The summed E-state index contributed by atoms with van der Waals surface area (Å²) in [4.78, 5) is 28.1. The van der Waals surface area contributed by atoms with Gasteiger partial charge in [-0.2, -0.15) is 9.61 Å². The molecule has 3 heterocycles. The van der Waals surface area contributed by atoms with Gasteiger partial charge in [-0.05, 0) is 37.5 Å². The Morgan fingerprint density at radius 2 is 2.16 bits per heavy atom. The zero-order valence-corrected chi connectivity index (χ0v) is 18.0. The van der Waals surface area contributed by atoms with Gasteiger partial charge in [0, 0.05) is 40.4 Å². The van der Waals surface area contributed by atoms with Gasteiger partial charge in [-0.1, -0.05) is 17.7 Å². The highest BCUT2D eigenvalue weighted by atomic mass is 35.5. The molecule has 3 aromatic rings. The number of aryl methyl sites for hydroxylation is 1. The molecule has 0 radical (unpaired) electrons. The Morgan fingerprint density at radius 1 is 1.34 bits per heavy atom. The van der Waals surface area contributed by atoms with Crippen molar-refractivity contribution in [2.75, 3.05) is 10.6 Å². The van der Waals surface area contributed by atoms with Gasteiger partial charge in [0.15, 0.2) is 5.65 Å². The fourth-order valence-corrected chi connectivity index (χ4v) is 3.79. The van der Waals surface area contributed by atoms with Crippen molar-refractivity contribution < 1.29 is 14.0 Å². The maximum absolute atomic E-state index is 14.5. The quantitative estimate of drug-likeness (QED) is 0.389. The number of aromatic nitrogens is 3. The molecule has 1 saturated carbocycles. The van der Waals surface area contributed by atoms with Crippen molar-refractivity contribution in [2.24, 2.45) is 0 Å². The number of anilines is 2. The summed E-state index contributed by atoms with van der Waals surface area (Å²) in [5, 5.41) is 13.6. The van der Waals surface area contributed by atoms with Gasteiger partial charge in [0.1, 0.15) is 17.5 Å². The van der Waals surface area contributed by atoms with Gasteiger partial charge in [-0.15, -0.1) is 0 Å². The van der Waals surface area contributed by atoms with Crippen LogP contribution in [0.5, 0.6) is 0 Å². The fourth-order valence-electron chi connectivity index (χ4n) is 3.58. The Hall–Kier alpha value is -3.46. The van der Waals surface area contributed by atoms with Crippen molar-refractivity contribution in [2.45, 2.75) is 38.8 Å². The number of benzene rings is 1. The molecule has 0 atom stereocenters. The van der Waals surface area contributed by atoms with Gasteiger partial charge < -0.3 is 10.6 Å². The highest BCUT2D eigenvalue weighted by molar-refractivity contribution is 6.31. The van der Waals surface area contributed by atoms with Crippen LogP contribution >= 0.6 is 11.6 Å². The van der Waals surface area contributed by atoms with Crippen LogP contribution in [0.3, 0.4) is 0 Å². The molecular formula is C22H20ClFN6O2. The first kappa shape index (κ1) is 20.4. The van der Waals surface area contributed by atoms with E-state index in [-0.39, 0.29) is 24.7 Å². The van der Waals surface area contributed by atoms with Crippen LogP contribution in [-0.2, 0) is 16.1 Å². The first-order chi connectivity index (χ1) is 15.4. The average molecular weight is 455 g/mol. The second-order valence-electron chi connectivity index (χ2n) is 8.01. The number of nitrogens with one attached hydrogen (secondary N) is 3. The standard InChI is InChI=1S/C22H20ClFN6O2/c1-11-2-5-16(23)15(20(11)24)10-25-17-8-18(27-14-3-4-14)30-21(28-17)13(9-26-30)6-12-7-19(31)29-22(12)32/h2,5-6,8-9,14,27H,3-4,7,10H2,1H3,(H,25,28)(H,29,31,32)/b12-6+. The van der Waals surface area contributed by atoms with Gasteiger partial charge in [0.2, 0.25) is 5.91 Å². The molecule has 2 amide bonds. The first-order valence-corrected chi connectivity index (χ1v) is 10.6. The van der Waals surface area contributed by atoms with E-state index < -0.39 is 5.91 Å². The average Bonchev–Trinajstić information content (AvgIpc) is 3.39. The van der Waals surface area contributed by atoms with Crippen LogP contribution in [-0.4, -0.2) is 32.5 Å². The Bertz CT molecular complexity index is 1300. The van der Waals surface area contributed by atoms with E-state index in [0.29, 0.717) is 44.8 Å². The number of imide groups is 1. The van der Waals surface area contributed by atoms with Crippen molar-refractivity contribution in [3.05, 3.63) is 57.5 Å². The van der Waals surface area contributed by atoms with Gasteiger partial charge in [0.05, 0.1) is 12.6 Å². The number of halogens is 2. The summed E-state index contributed by atoms with van der Waals surface area (Å²) in [5.74, 6) is 0.136. The summed E-state index contributed by atoms with van der Waals surface area (Å²) in [5.41, 5.74) is 2.35. The smallest absolute Gasteiger partial charge is 0.254 e. The Kier molecular flexibility index (Phi) is 5.05. The van der Waals surface area contributed by atoms with Crippen molar-refractivity contribution in [1.82, 2.24) is 19.9 Å². The molecule has 1 aliphatic heterocycles. The molecule has 0 spiro atoms. The van der Waals surface area contributed by atoms with Gasteiger partial charge >= 0.3 is 0 Å². The molecule has 0 unspecified atom stereocenters. The van der Waals surface area contributed by atoms with Crippen molar-refractivity contribution >= 4 is 46.8 Å². The number of carbonyl (C=O) groups is 2. The molecule has 1 aromatic carbocycles. The highest BCUT2D eigenvalue weighted by Gasteiger charge is 2.26. The lowest BCUT2D eigenvalue weighted by atomic mass is 10.1. The van der Waals surface area contributed by atoms with Gasteiger partial charge in [-0.25, -0.2) is 9.37 Å². The molecule has 3 N–H and O–H groups in total. The number of hydrogen-bond acceptors (Lipinski definition) is 6. The number of fused-ring (bicyclic) bond motifs is 1. The molecule has 0 bridgehead atoms. The summed E-state index contributed by atoms with van der Waals surface area (Å²) in [6, 6.07) is 5.48. The van der Waals surface area contributed by atoms with E-state index >= 15 is 0 Å². The number of amides is 2. The molecular weight excluding hydrogens is 435 g/mol. The molecule has 2 fully saturated rings. The van der Waals surface area contributed by atoms with Crippen LogP contribution in [0.25, 0.3) is 11.7 Å². The van der Waals surface area contributed by atoms with E-state index in [1.165, 1.54) is 0 Å². The third kappa shape index (κ3) is 3.91. The van der Waals surface area contributed by atoms with Crippen molar-refractivity contribution in [3.8, 4) is 0 Å². The van der Waals surface area contributed by atoms with Crippen molar-refractivity contribution in [3.63, 3.8) is 0 Å². The minimum absolute atomic E-state index is 0.0203. The molecule has 2 aromatic heterocycles. The monoisotopic (exact) mass is 454 g/mol. The van der Waals surface area contributed by atoms with Crippen LogP contribution in [0.2, 0.25) is 5.02 Å². The zero-order valence-electron chi connectivity index (χ0n) is 17.2. The maximum atomic E-state index is 14.5. The summed E-state index contributed by atoms with van der Waals surface area (Å²) in [6.07, 6.45) is 5.38. The normalized spacial score (nSPS) is 17.3. The lowest BCUT2D eigenvalue weighted by Gasteiger charge is -2.13. The van der Waals surface area contributed by atoms with Gasteiger partial charge in [0.25, 0.3) is 5.91 Å². The lowest BCUT2D eigenvalue weighted by molar-refractivity contribution is -0.124. The largest absolute Gasteiger partial charge is 0.367 e. The predicted octanol–water partition coefficient (Wildman–Crippen LogP) is 3.45. The summed E-state index contributed by atoms with van der Waals surface area (Å²) >= 11 is 6.20. The zero-order chi connectivity index (χ0) is 22.4. The second-order valence-corrected chi connectivity index (χ2v) is 8.42. The molecule has 1 aliphatic carbocycles. The van der Waals surface area contributed by atoms with E-state index in [9.17, 15) is 14.0 Å². The molecule has 1 saturated heterocycles. The number of carbonyl (C=O) groups excluding carboxylic acids is 2.